The van der Waals surface area contributed by atoms with Crippen LogP contribution in [-0.2, 0) is 10.0 Å². The average Bonchev–Trinajstić information content (AvgIpc) is 3.06. The number of non-ortho nitro benzene ring substituents is 1. The van der Waals surface area contributed by atoms with Crippen LogP contribution in [0.5, 0.6) is 0 Å². The Balaban J connectivity index is 2.14. The van der Waals surface area contributed by atoms with E-state index in [9.17, 15) is 18.5 Å². The lowest BCUT2D eigenvalue weighted by atomic mass is 10.2. The Kier molecular flexibility index (Phi) is 3.67. The van der Waals surface area contributed by atoms with Gasteiger partial charge in [-0.15, -0.1) is 0 Å². The summed E-state index contributed by atoms with van der Waals surface area (Å²) in [5.74, 6) is 0.123. The highest BCUT2D eigenvalue weighted by atomic mass is 32.2. The summed E-state index contributed by atoms with van der Waals surface area (Å²) in [5, 5.41) is 10.9. The fourth-order valence-electron chi connectivity index (χ4n) is 2.15. The molecule has 0 N–H and O–H groups in total. The number of nitrogens with zero attached hydrogens (tertiary/aromatic N) is 3. The van der Waals surface area contributed by atoms with Gasteiger partial charge < -0.3 is 0 Å². The summed E-state index contributed by atoms with van der Waals surface area (Å²) >= 11 is 0. The predicted molar refractivity (Wildman–Crippen MR) is 83.3 cm³/mol. The van der Waals surface area contributed by atoms with Crippen molar-refractivity contribution in [2.45, 2.75) is 4.90 Å². The third-order valence-corrected chi connectivity index (χ3v) is 4.90. The first kappa shape index (κ1) is 14.9. The van der Waals surface area contributed by atoms with E-state index in [0.717, 1.165) is 3.97 Å². The fourth-order valence-corrected chi connectivity index (χ4v) is 3.48. The molecular weight excluding hydrogens is 318 g/mol. The molecule has 0 fully saturated rings. The first-order valence-corrected chi connectivity index (χ1v) is 8.03. The zero-order valence-electron chi connectivity index (χ0n) is 11.7. The Labute approximate surface area is 132 Å². The van der Waals surface area contributed by atoms with Crippen LogP contribution in [0.1, 0.15) is 0 Å². The zero-order chi connectivity index (χ0) is 16.4. The van der Waals surface area contributed by atoms with E-state index < -0.39 is 14.9 Å². The number of hydrogen-bond donors (Lipinski definition) is 0. The summed E-state index contributed by atoms with van der Waals surface area (Å²) in [6.07, 6.45) is 2.66. The van der Waals surface area contributed by atoms with Gasteiger partial charge in [0.25, 0.3) is 15.7 Å². The van der Waals surface area contributed by atoms with Crippen molar-refractivity contribution in [1.82, 2.24) is 8.96 Å². The molecule has 1 aromatic heterocycles. The minimum atomic E-state index is -3.82. The monoisotopic (exact) mass is 329 g/mol. The van der Waals surface area contributed by atoms with Crippen molar-refractivity contribution in [1.29, 1.82) is 0 Å². The number of nitro benzene ring substituents is 1. The number of imidazole rings is 1. The van der Waals surface area contributed by atoms with Crippen molar-refractivity contribution in [3.63, 3.8) is 0 Å². The normalized spacial score (nSPS) is 11.3. The van der Waals surface area contributed by atoms with E-state index in [1.165, 1.54) is 42.7 Å². The smallest absolute Gasteiger partial charge is 0.258 e. The fraction of sp³-hybridized carbons (Fsp3) is 0. The Hall–Kier alpha value is -3.00. The van der Waals surface area contributed by atoms with Crippen molar-refractivity contribution in [3.8, 4) is 11.4 Å². The average molecular weight is 329 g/mol. The van der Waals surface area contributed by atoms with Crippen LogP contribution >= 0.6 is 0 Å². The molecule has 0 spiro atoms. The standard InChI is InChI=1S/C15H11N3O4S/c19-18(20)13-6-4-5-12(11-13)15-16-9-10-17(15)23(21,22)14-7-2-1-3-8-14/h1-11H. The molecule has 0 radical (unpaired) electrons. The Morgan fingerprint density at radius 2 is 1.78 bits per heavy atom. The van der Waals surface area contributed by atoms with E-state index in [-0.39, 0.29) is 16.4 Å². The quantitative estimate of drug-likeness (QED) is 0.542. The molecule has 3 rings (SSSR count). The summed E-state index contributed by atoms with van der Waals surface area (Å²) < 4.78 is 26.4. The first-order chi connectivity index (χ1) is 11.0. The van der Waals surface area contributed by atoms with Gasteiger partial charge in [-0.05, 0) is 12.1 Å². The molecule has 0 bridgehead atoms. The second-order valence-corrected chi connectivity index (χ2v) is 6.49. The zero-order valence-corrected chi connectivity index (χ0v) is 12.6. The van der Waals surface area contributed by atoms with Crippen LogP contribution in [0.3, 0.4) is 0 Å². The van der Waals surface area contributed by atoms with Crippen LogP contribution < -0.4 is 0 Å². The predicted octanol–water partition coefficient (Wildman–Crippen LogP) is 2.70. The van der Waals surface area contributed by atoms with E-state index in [0.29, 0.717) is 5.56 Å². The van der Waals surface area contributed by atoms with Crippen LogP contribution in [0.4, 0.5) is 5.69 Å². The van der Waals surface area contributed by atoms with E-state index >= 15 is 0 Å². The summed E-state index contributed by atoms with van der Waals surface area (Å²) in [7, 11) is -3.82. The van der Waals surface area contributed by atoms with E-state index in [2.05, 4.69) is 4.98 Å². The number of rotatable bonds is 4. The van der Waals surface area contributed by atoms with Crippen LogP contribution in [-0.4, -0.2) is 22.3 Å². The Morgan fingerprint density at radius 3 is 2.48 bits per heavy atom. The maximum absolute atomic E-state index is 12.7. The number of hydrogen-bond acceptors (Lipinski definition) is 5. The molecule has 23 heavy (non-hydrogen) atoms. The summed E-state index contributed by atoms with van der Waals surface area (Å²) in [6.45, 7) is 0. The van der Waals surface area contributed by atoms with Crippen molar-refractivity contribution in [2.75, 3.05) is 0 Å². The highest BCUT2D eigenvalue weighted by Gasteiger charge is 2.21. The molecule has 7 nitrogen and oxygen atoms in total. The minimum Gasteiger partial charge on any atom is -0.258 e. The van der Waals surface area contributed by atoms with Crippen molar-refractivity contribution in [2.24, 2.45) is 0 Å². The molecule has 2 aromatic carbocycles. The van der Waals surface area contributed by atoms with Crippen molar-refractivity contribution >= 4 is 15.7 Å². The molecule has 1 heterocycles. The maximum Gasteiger partial charge on any atom is 0.270 e. The van der Waals surface area contributed by atoms with Gasteiger partial charge >= 0.3 is 0 Å². The topological polar surface area (TPSA) is 95.1 Å². The lowest BCUT2D eigenvalue weighted by molar-refractivity contribution is -0.384. The van der Waals surface area contributed by atoms with Gasteiger partial charge in [0.05, 0.1) is 9.82 Å². The van der Waals surface area contributed by atoms with Gasteiger partial charge in [0.2, 0.25) is 0 Å². The second-order valence-electron chi connectivity index (χ2n) is 4.67. The van der Waals surface area contributed by atoms with E-state index in [1.807, 2.05) is 0 Å². The first-order valence-electron chi connectivity index (χ1n) is 6.59. The van der Waals surface area contributed by atoms with Gasteiger partial charge in [-0.1, -0.05) is 30.3 Å². The maximum atomic E-state index is 12.7. The van der Waals surface area contributed by atoms with Gasteiger partial charge in [-0.2, -0.15) is 0 Å². The minimum absolute atomic E-state index is 0.115. The van der Waals surface area contributed by atoms with Crippen LogP contribution in [0.25, 0.3) is 11.4 Å². The molecular formula is C15H11N3O4S. The summed E-state index contributed by atoms with van der Waals surface area (Å²) in [5.41, 5.74) is 0.220. The molecule has 0 saturated heterocycles. The van der Waals surface area contributed by atoms with Crippen molar-refractivity contribution in [3.05, 3.63) is 77.1 Å². The van der Waals surface area contributed by atoms with Crippen LogP contribution in [0, 0.1) is 10.1 Å². The van der Waals surface area contributed by atoms with Crippen molar-refractivity contribution < 1.29 is 13.3 Å². The Morgan fingerprint density at radius 1 is 1.04 bits per heavy atom. The largest absolute Gasteiger partial charge is 0.270 e. The molecule has 0 saturated carbocycles. The summed E-state index contributed by atoms with van der Waals surface area (Å²) in [6, 6.07) is 13.6. The van der Waals surface area contributed by atoms with Gasteiger partial charge in [0, 0.05) is 30.1 Å². The molecule has 0 aliphatic carbocycles. The number of benzene rings is 2. The molecule has 0 unspecified atom stereocenters. The molecule has 0 aliphatic rings. The summed E-state index contributed by atoms with van der Waals surface area (Å²) in [4.78, 5) is 14.5. The van der Waals surface area contributed by atoms with Gasteiger partial charge in [-0.3, -0.25) is 10.1 Å². The van der Waals surface area contributed by atoms with Crippen LogP contribution in [0.2, 0.25) is 0 Å². The van der Waals surface area contributed by atoms with E-state index in [1.54, 1.807) is 24.3 Å². The second kappa shape index (κ2) is 5.65. The number of aromatic nitrogens is 2. The number of nitro groups is 1. The molecule has 8 heteroatoms. The lowest BCUT2D eigenvalue weighted by Crippen LogP contribution is -2.13. The third-order valence-electron chi connectivity index (χ3n) is 3.22. The highest BCUT2D eigenvalue weighted by Crippen LogP contribution is 2.25. The van der Waals surface area contributed by atoms with Crippen LogP contribution in [0.15, 0.2) is 71.9 Å². The highest BCUT2D eigenvalue weighted by molar-refractivity contribution is 7.90. The van der Waals surface area contributed by atoms with Gasteiger partial charge in [0.1, 0.15) is 0 Å². The van der Waals surface area contributed by atoms with E-state index in [4.69, 9.17) is 0 Å². The molecule has 116 valence electrons. The molecule has 3 aromatic rings. The molecule has 0 amide bonds. The third kappa shape index (κ3) is 2.71. The molecule has 0 aliphatic heterocycles. The van der Waals surface area contributed by atoms with Gasteiger partial charge in [0.15, 0.2) is 5.82 Å². The molecule has 0 atom stereocenters. The SMILES string of the molecule is O=[N+]([O-])c1cccc(-c2nccn2S(=O)(=O)c2ccccc2)c1. The Bertz CT molecular complexity index is 965. The van der Waals surface area contributed by atoms with Gasteiger partial charge in [-0.25, -0.2) is 17.4 Å². The lowest BCUT2D eigenvalue weighted by Gasteiger charge is -2.09.